The number of hydrogen-bond donors (Lipinski definition) is 0. The number of rotatable bonds is 4. The number of carbonyl (C=O) groups excluding carboxylic acids is 1. The molecule has 1 aromatic rings. The second-order valence-electron chi connectivity index (χ2n) is 6.57. The molecule has 0 aliphatic carbocycles. The summed E-state index contributed by atoms with van der Waals surface area (Å²) in [7, 11) is 1.74. The number of ether oxygens (including phenoxy) is 2. The van der Waals surface area contributed by atoms with Gasteiger partial charge < -0.3 is 14.4 Å². The van der Waals surface area contributed by atoms with E-state index in [1.807, 2.05) is 17.0 Å². The monoisotopic (exact) mass is 318 g/mol. The van der Waals surface area contributed by atoms with E-state index in [1.54, 1.807) is 19.5 Å². The number of nitrogens with zero attached hydrogens (tertiary/aromatic N) is 2. The van der Waals surface area contributed by atoms with Crippen molar-refractivity contribution < 1.29 is 14.3 Å². The molecule has 0 aromatic carbocycles. The molecule has 1 unspecified atom stereocenters. The van der Waals surface area contributed by atoms with E-state index in [0.29, 0.717) is 12.5 Å². The van der Waals surface area contributed by atoms with Crippen molar-refractivity contribution in [3.8, 4) is 0 Å². The zero-order chi connectivity index (χ0) is 16.1. The van der Waals surface area contributed by atoms with E-state index in [0.717, 1.165) is 44.5 Å². The fraction of sp³-hybridized carbons (Fsp3) is 0.667. The van der Waals surface area contributed by atoms with Crippen LogP contribution in [0.4, 0.5) is 0 Å². The van der Waals surface area contributed by atoms with E-state index in [4.69, 9.17) is 9.47 Å². The van der Waals surface area contributed by atoms with Gasteiger partial charge in [0.05, 0.1) is 18.6 Å². The lowest BCUT2D eigenvalue weighted by molar-refractivity contribution is -0.138. The van der Waals surface area contributed by atoms with Crippen molar-refractivity contribution >= 4 is 5.91 Å². The van der Waals surface area contributed by atoms with Crippen molar-refractivity contribution in [2.45, 2.75) is 31.8 Å². The van der Waals surface area contributed by atoms with Crippen molar-refractivity contribution in [1.29, 1.82) is 0 Å². The van der Waals surface area contributed by atoms with Crippen molar-refractivity contribution in [2.75, 3.05) is 33.4 Å². The van der Waals surface area contributed by atoms with Crippen LogP contribution in [0.25, 0.3) is 0 Å². The molecule has 3 heterocycles. The van der Waals surface area contributed by atoms with Crippen LogP contribution in [0, 0.1) is 11.8 Å². The third-order valence-electron chi connectivity index (χ3n) is 4.93. The summed E-state index contributed by atoms with van der Waals surface area (Å²) in [5.74, 6) is 0.624. The van der Waals surface area contributed by atoms with Crippen LogP contribution in [0.5, 0.6) is 0 Å². The van der Waals surface area contributed by atoms with E-state index in [1.165, 1.54) is 6.42 Å². The standard InChI is InChI=1S/C18H26N2O3/c1-22-13-14-4-2-3-10-20(12-14)18(21)16-7-11-23-17(16)15-5-8-19-9-6-15/h5-6,8-9,14,16-17H,2-4,7,10-13H2,1H3/t14?,16-,17+/m1/s1. The zero-order valence-electron chi connectivity index (χ0n) is 13.8. The number of pyridine rings is 1. The molecule has 0 bridgehead atoms. The average Bonchev–Trinajstić information content (AvgIpc) is 2.96. The van der Waals surface area contributed by atoms with Crippen LogP contribution in [0.1, 0.15) is 37.4 Å². The minimum atomic E-state index is -0.130. The van der Waals surface area contributed by atoms with Crippen LogP contribution >= 0.6 is 0 Å². The predicted octanol–water partition coefficient (Wildman–Crippen LogP) is 2.43. The molecule has 3 rings (SSSR count). The Morgan fingerprint density at radius 3 is 2.96 bits per heavy atom. The maximum Gasteiger partial charge on any atom is 0.228 e. The molecule has 2 aliphatic rings. The second kappa shape index (κ2) is 7.88. The molecule has 0 radical (unpaired) electrons. The average molecular weight is 318 g/mol. The molecule has 5 nitrogen and oxygen atoms in total. The minimum Gasteiger partial charge on any atom is -0.384 e. The largest absolute Gasteiger partial charge is 0.384 e. The van der Waals surface area contributed by atoms with Gasteiger partial charge in [0.1, 0.15) is 0 Å². The normalized spacial score (nSPS) is 28.6. The molecule has 3 atom stereocenters. The summed E-state index contributed by atoms with van der Waals surface area (Å²) in [5.41, 5.74) is 1.05. The summed E-state index contributed by atoms with van der Waals surface area (Å²) in [4.78, 5) is 19.2. The highest BCUT2D eigenvalue weighted by molar-refractivity contribution is 5.80. The molecule has 0 saturated carbocycles. The molecular formula is C18H26N2O3. The maximum absolute atomic E-state index is 13.1. The molecule has 2 fully saturated rings. The molecule has 1 amide bonds. The molecule has 0 N–H and O–H groups in total. The Kier molecular flexibility index (Phi) is 5.62. The van der Waals surface area contributed by atoms with E-state index in [-0.39, 0.29) is 17.9 Å². The quantitative estimate of drug-likeness (QED) is 0.855. The minimum absolute atomic E-state index is 0.0707. The summed E-state index contributed by atoms with van der Waals surface area (Å²) in [6.45, 7) is 3.06. The van der Waals surface area contributed by atoms with E-state index in [9.17, 15) is 4.79 Å². The maximum atomic E-state index is 13.1. The predicted molar refractivity (Wildman–Crippen MR) is 86.8 cm³/mol. The Balaban J connectivity index is 1.70. The number of aromatic nitrogens is 1. The van der Waals surface area contributed by atoms with Crippen LogP contribution in [-0.4, -0.2) is 49.2 Å². The first-order chi connectivity index (χ1) is 11.3. The fourth-order valence-electron chi connectivity index (χ4n) is 3.76. The number of hydrogen-bond acceptors (Lipinski definition) is 4. The van der Waals surface area contributed by atoms with Gasteiger partial charge >= 0.3 is 0 Å². The number of methoxy groups -OCH3 is 1. The third kappa shape index (κ3) is 3.90. The Labute approximate surface area is 138 Å². The third-order valence-corrected chi connectivity index (χ3v) is 4.93. The molecule has 0 spiro atoms. The van der Waals surface area contributed by atoms with Crippen molar-refractivity contribution in [1.82, 2.24) is 9.88 Å². The Hall–Kier alpha value is -1.46. The van der Waals surface area contributed by atoms with Gasteiger partial charge in [-0.05, 0) is 42.9 Å². The number of carbonyl (C=O) groups is 1. The summed E-state index contributed by atoms with van der Waals surface area (Å²) in [5, 5.41) is 0. The number of likely N-dealkylation sites (tertiary alicyclic amines) is 1. The molecule has 126 valence electrons. The summed E-state index contributed by atoms with van der Waals surface area (Å²) in [6.07, 6.45) is 7.60. The van der Waals surface area contributed by atoms with Crippen LogP contribution in [-0.2, 0) is 14.3 Å². The molecule has 2 aliphatic heterocycles. The highest BCUT2D eigenvalue weighted by Crippen LogP contribution is 2.36. The van der Waals surface area contributed by atoms with Crippen molar-refractivity contribution in [3.63, 3.8) is 0 Å². The van der Waals surface area contributed by atoms with Gasteiger partial charge in [0.15, 0.2) is 0 Å². The van der Waals surface area contributed by atoms with Crippen LogP contribution in [0.15, 0.2) is 24.5 Å². The molecule has 2 saturated heterocycles. The van der Waals surface area contributed by atoms with E-state index < -0.39 is 0 Å². The molecule has 5 heteroatoms. The topological polar surface area (TPSA) is 51.7 Å². The van der Waals surface area contributed by atoms with Gasteiger partial charge in [-0.3, -0.25) is 9.78 Å². The first-order valence-corrected chi connectivity index (χ1v) is 8.59. The molecular weight excluding hydrogens is 292 g/mol. The smallest absolute Gasteiger partial charge is 0.228 e. The van der Waals surface area contributed by atoms with E-state index in [2.05, 4.69) is 4.98 Å². The second-order valence-corrected chi connectivity index (χ2v) is 6.57. The SMILES string of the molecule is COCC1CCCCN(C(=O)[C@@H]2CCO[C@H]2c2ccncc2)C1. The lowest BCUT2D eigenvalue weighted by Crippen LogP contribution is -2.40. The van der Waals surface area contributed by atoms with Crippen LogP contribution in [0.3, 0.4) is 0 Å². The van der Waals surface area contributed by atoms with Gasteiger partial charge in [0.2, 0.25) is 5.91 Å². The van der Waals surface area contributed by atoms with Crippen LogP contribution in [0.2, 0.25) is 0 Å². The van der Waals surface area contributed by atoms with Crippen molar-refractivity contribution in [3.05, 3.63) is 30.1 Å². The molecule has 23 heavy (non-hydrogen) atoms. The van der Waals surface area contributed by atoms with Gasteiger partial charge in [0, 0.05) is 39.2 Å². The lowest BCUT2D eigenvalue weighted by atomic mass is 9.94. The van der Waals surface area contributed by atoms with Gasteiger partial charge in [-0.25, -0.2) is 0 Å². The molecule has 1 aromatic heterocycles. The van der Waals surface area contributed by atoms with Gasteiger partial charge in [-0.2, -0.15) is 0 Å². The Morgan fingerprint density at radius 1 is 1.35 bits per heavy atom. The highest BCUT2D eigenvalue weighted by atomic mass is 16.5. The Bertz CT molecular complexity index is 508. The van der Waals surface area contributed by atoms with E-state index >= 15 is 0 Å². The number of amides is 1. The zero-order valence-corrected chi connectivity index (χ0v) is 13.8. The first-order valence-electron chi connectivity index (χ1n) is 8.59. The fourth-order valence-corrected chi connectivity index (χ4v) is 3.76. The first kappa shape index (κ1) is 16.4. The Morgan fingerprint density at radius 2 is 2.17 bits per heavy atom. The van der Waals surface area contributed by atoms with Gasteiger partial charge in [0.25, 0.3) is 0 Å². The summed E-state index contributed by atoms with van der Waals surface area (Å²) in [6, 6.07) is 3.90. The van der Waals surface area contributed by atoms with Gasteiger partial charge in [-0.1, -0.05) is 6.42 Å². The summed E-state index contributed by atoms with van der Waals surface area (Å²) < 4.78 is 11.2. The van der Waals surface area contributed by atoms with Crippen LogP contribution < -0.4 is 0 Å². The van der Waals surface area contributed by atoms with Gasteiger partial charge in [-0.15, -0.1) is 0 Å². The summed E-state index contributed by atoms with van der Waals surface area (Å²) >= 11 is 0. The highest BCUT2D eigenvalue weighted by Gasteiger charge is 2.38. The van der Waals surface area contributed by atoms with Crippen molar-refractivity contribution in [2.24, 2.45) is 11.8 Å². The lowest BCUT2D eigenvalue weighted by Gasteiger charge is -2.28.